The molecule has 92 valence electrons. The van der Waals surface area contributed by atoms with Crippen molar-refractivity contribution < 1.29 is 0 Å². The van der Waals surface area contributed by atoms with Crippen LogP contribution in [0.2, 0.25) is 0 Å². The highest BCUT2D eigenvalue weighted by atomic mass is 32.2. The molecular weight excluding hydrogens is 236 g/mol. The van der Waals surface area contributed by atoms with Crippen molar-refractivity contribution in [2.24, 2.45) is 5.73 Å². The van der Waals surface area contributed by atoms with E-state index in [1.54, 1.807) is 18.0 Å². The molecule has 0 aromatic carbocycles. The van der Waals surface area contributed by atoms with E-state index < -0.39 is 0 Å². The van der Waals surface area contributed by atoms with E-state index in [0.717, 1.165) is 29.8 Å². The first-order valence-electron chi connectivity index (χ1n) is 5.55. The molecule has 2 aromatic rings. The predicted octanol–water partition coefficient (Wildman–Crippen LogP) is 0.745. The Hall–Kier alpha value is -1.34. The summed E-state index contributed by atoms with van der Waals surface area (Å²) in [7, 11) is 0. The van der Waals surface area contributed by atoms with Crippen LogP contribution in [0.5, 0.6) is 0 Å². The van der Waals surface area contributed by atoms with E-state index in [0.29, 0.717) is 6.54 Å². The van der Waals surface area contributed by atoms with Gasteiger partial charge in [-0.3, -0.25) is 0 Å². The van der Waals surface area contributed by atoms with Crippen LogP contribution >= 0.6 is 11.8 Å². The first-order chi connectivity index (χ1) is 8.35. The number of imidazole rings is 1. The van der Waals surface area contributed by atoms with E-state index in [-0.39, 0.29) is 0 Å². The SMILES string of the molecule is CCn1c(CN)nnc1SCCn1ccnc1. The maximum atomic E-state index is 5.60. The average Bonchev–Trinajstić information content (AvgIpc) is 2.97. The molecule has 0 fully saturated rings. The Kier molecular flexibility index (Phi) is 4.16. The van der Waals surface area contributed by atoms with Crippen molar-refractivity contribution in [2.75, 3.05) is 5.75 Å². The highest BCUT2D eigenvalue weighted by molar-refractivity contribution is 7.99. The van der Waals surface area contributed by atoms with E-state index in [9.17, 15) is 0 Å². The molecule has 0 aliphatic heterocycles. The predicted molar refractivity (Wildman–Crippen MR) is 66.5 cm³/mol. The van der Waals surface area contributed by atoms with Gasteiger partial charge >= 0.3 is 0 Å². The second-order valence-electron chi connectivity index (χ2n) is 3.50. The van der Waals surface area contributed by atoms with Gasteiger partial charge in [0.15, 0.2) is 5.16 Å². The molecule has 0 bridgehead atoms. The normalized spacial score (nSPS) is 10.9. The van der Waals surface area contributed by atoms with Gasteiger partial charge in [0.2, 0.25) is 0 Å². The molecule has 0 saturated heterocycles. The molecule has 6 nitrogen and oxygen atoms in total. The molecule has 0 amide bonds. The standard InChI is InChI=1S/C10H16N6S/c1-2-16-9(7-11)13-14-10(16)17-6-5-15-4-3-12-8-15/h3-4,8H,2,5-7,11H2,1H3. The lowest BCUT2D eigenvalue weighted by Gasteiger charge is -2.05. The molecule has 2 N–H and O–H groups in total. The fraction of sp³-hybridized carbons (Fsp3) is 0.500. The van der Waals surface area contributed by atoms with Crippen LogP contribution in [0.25, 0.3) is 0 Å². The van der Waals surface area contributed by atoms with Crippen molar-refractivity contribution in [3.63, 3.8) is 0 Å². The van der Waals surface area contributed by atoms with E-state index in [1.807, 2.05) is 17.1 Å². The van der Waals surface area contributed by atoms with Gasteiger partial charge in [-0.1, -0.05) is 11.8 Å². The van der Waals surface area contributed by atoms with Gasteiger partial charge in [0.1, 0.15) is 5.82 Å². The third kappa shape index (κ3) is 2.86. The molecule has 2 heterocycles. The maximum absolute atomic E-state index is 5.60. The second kappa shape index (κ2) is 5.83. The number of thioether (sulfide) groups is 1. The Morgan fingerprint density at radius 1 is 1.41 bits per heavy atom. The topological polar surface area (TPSA) is 74.6 Å². The van der Waals surface area contributed by atoms with E-state index in [2.05, 4.69) is 26.7 Å². The summed E-state index contributed by atoms with van der Waals surface area (Å²) in [5.41, 5.74) is 5.60. The summed E-state index contributed by atoms with van der Waals surface area (Å²) in [6, 6.07) is 0. The number of nitrogens with zero attached hydrogens (tertiary/aromatic N) is 5. The highest BCUT2D eigenvalue weighted by Gasteiger charge is 2.09. The Labute approximate surface area is 104 Å². The third-order valence-electron chi connectivity index (χ3n) is 2.43. The number of nitrogens with two attached hydrogens (primary N) is 1. The zero-order chi connectivity index (χ0) is 12.1. The van der Waals surface area contributed by atoms with Gasteiger partial charge in [0.25, 0.3) is 0 Å². The number of rotatable bonds is 6. The third-order valence-corrected chi connectivity index (χ3v) is 3.38. The van der Waals surface area contributed by atoms with Crippen molar-refractivity contribution >= 4 is 11.8 Å². The van der Waals surface area contributed by atoms with Crippen molar-refractivity contribution in [1.29, 1.82) is 0 Å². The minimum absolute atomic E-state index is 0.433. The monoisotopic (exact) mass is 252 g/mol. The van der Waals surface area contributed by atoms with Crippen LogP contribution in [0.4, 0.5) is 0 Å². The maximum Gasteiger partial charge on any atom is 0.191 e. The number of hydrogen-bond donors (Lipinski definition) is 1. The first-order valence-corrected chi connectivity index (χ1v) is 6.54. The largest absolute Gasteiger partial charge is 0.337 e. The molecule has 0 aliphatic rings. The highest BCUT2D eigenvalue weighted by Crippen LogP contribution is 2.17. The average molecular weight is 252 g/mol. The summed E-state index contributed by atoms with van der Waals surface area (Å²) in [5.74, 6) is 1.79. The minimum Gasteiger partial charge on any atom is -0.337 e. The first kappa shape index (κ1) is 12.1. The molecule has 17 heavy (non-hydrogen) atoms. The van der Waals surface area contributed by atoms with Gasteiger partial charge in [0.05, 0.1) is 12.9 Å². The molecule has 0 atom stereocenters. The lowest BCUT2D eigenvalue weighted by Crippen LogP contribution is -2.08. The molecule has 0 saturated carbocycles. The van der Waals surface area contributed by atoms with Gasteiger partial charge in [-0.05, 0) is 6.92 Å². The second-order valence-corrected chi connectivity index (χ2v) is 4.56. The number of aryl methyl sites for hydroxylation is 1. The van der Waals surface area contributed by atoms with E-state index >= 15 is 0 Å². The number of aromatic nitrogens is 5. The van der Waals surface area contributed by atoms with Crippen molar-refractivity contribution in [2.45, 2.75) is 31.7 Å². The quantitative estimate of drug-likeness (QED) is 0.768. The molecule has 0 radical (unpaired) electrons. The summed E-state index contributed by atoms with van der Waals surface area (Å²) < 4.78 is 4.10. The molecule has 7 heteroatoms. The molecule has 0 spiro atoms. The summed E-state index contributed by atoms with van der Waals surface area (Å²) in [4.78, 5) is 4.00. The van der Waals surface area contributed by atoms with Crippen LogP contribution in [-0.2, 0) is 19.6 Å². The van der Waals surface area contributed by atoms with Crippen LogP contribution < -0.4 is 5.73 Å². The van der Waals surface area contributed by atoms with Crippen LogP contribution in [0.15, 0.2) is 23.9 Å². The fourth-order valence-electron chi connectivity index (χ4n) is 1.56. The summed E-state index contributed by atoms with van der Waals surface area (Å²) in [6.45, 7) is 4.28. The van der Waals surface area contributed by atoms with Crippen LogP contribution in [0, 0.1) is 0 Å². The number of hydrogen-bond acceptors (Lipinski definition) is 5. The Balaban J connectivity index is 1.92. The molecule has 0 aliphatic carbocycles. The van der Waals surface area contributed by atoms with Gasteiger partial charge in [-0.2, -0.15) is 0 Å². The Bertz CT molecular complexity index is 449. The minimum atomic E-state index is 0.433. The van der Waals surface area contributed by atoms with Crippen LogP contribution in [0.3, 0.4) is 0 Å². The molecule has 0 unspecified atom stereocenters. The van der Waals surface area contributed by atoms with Crippen molar-refractivity contribution in [3.8, 4) is 0 Å². The van der Waals surface area contributed by atoms with Gasteiger partial charge in [0, 0.05) is 31.2 Å². The Morgan fingerprint density at radius 3 is 2.94 bits per heavy atom. The fourth-order valence-corrected chi connectivity index (χ4v) is 2.53. The van der Waals surface area contributed by atoms with Crippen LogP contribution in [-0.4, -0.2) is 30.1 Å². The molecule has 2 aromatic heterocycles. The van der Waals surface area contributed by atoms with Gasteiger partial charge < -0.3 is 14.9 Å². The molecular formula is C10H16N6S. The Morgan fingerprint density at radius 2 is 2.29 bits per heavy atom. The lowest BCUT2D eigenvalue weighted by atomic mass is 10.6. The summed E-state index contributed by atoms with van der Waals surface area (Å²) in [6.07, 6.45) is 5.55. The zero-order valence-corrected chi connectivity index (χ0v) is 10.6. The lowest BCUT2D eigenvalue weighted by molar-refractivity contribution is 0.642. The van der Waals surface area contributed by atoms with Crippen molar-refractivity contribution in [1.82, 2.24) is 24.3 Å². The zero-order valence-electron chi connectivity index (χ0n) is 9.78. The van der Waals surface area contributed by atoms with Gasteiger partial charge in [-0.15, -0.1) is 10.2 Å². The summed E-state index contributed by atoms with van der Waals surface area (Å²) in [5, 5.41) is 9.15. The van der Waals surface area contributed by atoms with E-state index in [1.165, 1.54) is 0 Å². The summed E-state index contributed by atoms with van der Waals surface area (Å²) >= 11 is 1.69. The van der Waals surface area contributed by atoms with Crippen LogP contribution in [0.1, 0.15) is 12.7 Å². The smallest absolute Gasteiger partial charge is 0.191 e. The molecule has 2 rings (SSSR count). The van der Waals surface area contributed by atoms with Gasteiger partial charge in [-0.25, -0.2) is 4.98 Å². The van der Waals surface area contributed by atoms with E-state index in [4.69, 9.17) is 5.73 Å². The van der Waals surface area contributed by atoms with Crippen molar-refractivity contribution in [3.05, 3.63) is 24.5 Å².